The van der Waals surface area contributed by atoms with Crippen LogP contribution in [0.3, 0.4) is 0 Å². The Morgan fingerprint density at radius 2 is 2.04 bits per heavy atom. The van der Waals surface area contributed by atoms with E-state index in [-0.39, 0.29) is 12.1 Å². The van der Waals surface area contributed by atoms with E-state index in [1.54, 1.807) is 4.52 Å². The Bertz CT molecular complexity index is 721. The third-order valence-electron chi connectivity index (χ3n) is 4.38. The highest BCUT2D eigenvalue weighted by Crippen LogP contribution is 2.31. The summed E-state index contributed by atoms with van der Waals surface area (Å²) in [6.07, 6.45) is 4.67. The van der Waals surface area contributed by atoms with Crippen LogP contribution in [0, 0.1) is 13.8 Å². The van der Waals surface area contributed by atoms with Crippen LogP contribution in [0.4, 0.5) is 4.79 Å². The number of carbonyl (C=O) groups excluding carboxylic acids is 1. The summed E-state index contributed by atoms with van der Waals surface area (Å²) in [7, 11) is 0. The average Bonchev–Trinajstić information content (AvgIpc) is 2.88. The van der Waals surface area contributed by atoms with Crippen molar-refractivity contribution in [1.29, 1.82) is 0 Å². The molecule has 2 aromatic rings. The van der Waals surface area contributed by atoms with Gasteiger partial charge in [0, 0.05) is 6.54 Å². The normalized spacial score (nSPS) is 18.9. The zero-order chi connectivity index (χ0) is 17.5. The minimum absolute atomic E-state index is 0.0455. The molecular weight excluding hydrogens is 304 g/mol. The van der Waals surface area contributed by atoms with Gasteiger partial charge in [-0.3, -0.25) is 4.90 Å². The van der Waals surface area contributed by atoms with Gasteiger partial charge < -0.3 is 4.74 Å². The van der Waals surface area contributed by atoms with Crippen molar-refractivity contribution in [2.75, 3.05) is 6.54 Å². The van der Waals surface area contributed by atoms with Crippen LogP contribution < -0.4 is 0 Å². The summed E-state index contributed by atoms with van der Waals surface area (Å²) in [5, 5.41) is 4.54. The molecule has 2 aromatic heterocycles. The molecule has 6 nitrogen and oxygen atoms in total. The third-order valence-corrected chi connectivity index (χ3v) is 4.38. The fourth-order valence-corrected chi connectivity index (χ4v) is 3.06. The summed E-state index contributed by atoms with van der Waals surface area (Å²) in [6, 6.07) is 1.99. The highest BCUT2D eigenvalue weighted by Gasteiger charge is 2.33. The molecule has 1 atom stereocenters. The van der Waals surface area contributed by atoms with E-state index < -0.39 is 5.60 Å². The van der Waals surface area contributed by atoms with Gasteiger partial charge in [-0.05, 0) is 65.5 Å². The molecule has 6 heteroatoms. The van der Waals surface area contributed by atoms with Gasteiger partial charge >= 0.3 is 6.09 Å². The van der Waals surface area contributed by atoms with Gasteiger partial charge in [0.05, 0.1) is 23.6 Å². The van der Waals surface area contributed by atoms with Gasteiger partial charge in [0.1, 0.15) is 5.60 Å². The molecule has 0 spiro atoms. The summed E-state index contributed by atoms with van der Waals surface area (Å²) >= 11 is 0. The Hall–Kier alpha value is -2.11. The highest BCUT2D eigenvalue weighted by molar-refractivity contribution is 5.69. The van der Waals surface area contributed by atoms with Crippen LogP contribution in [0.15, 0.2) is 12.3 Å². The van der Waals surface area contributed by atoms with Gasteiger partial charge in [0.15, 0.2) is 5.65 Å². The van der Waals surface area contributed by atoms with Crippen molar-refractivity contribution in [3.05, 3.63) is 29.2 Å². The number of imidazole rings is 1. The van der Waals surface area contributed by atoms with Gasteiger partial charge in [-0.25, -0.2) is 14.3 Å². The molecule has 3 rings (SSSR count). The maximum atomic E-state index is 12.6. The Morgan fingerprint density at radius 1 is 1.29 bits per heavy atom. The average molecular weight is 330 g/mol. The first-order chi connectivity index (χ1) is 11.2. The van der Waals surface area contributed by atoms with Crippen LogP contribution >= 0.6 is 0 Å². The number of nitrogens with zero attached hydrogens (tertiary/aromatic N) is 4. The lowest BCUT2D eigenvalue weighted by Gasteiger charge is -2.35. The van der Waals surface area contributed by atoms with Gasteiger partial charge in [-0.15, -0.1) is 0 Å². The predicted octanol–water partition coefficient (Wildman–Crippen LogP) is 3.81. The number of rotatable bonds is 1. The van der Waals surface area contributed by atoms with Crippen molar-refractivity contribution in [1.82, 2.24) is 19.5 Å². The van der Waals surface area contributed by atoms with Crippen LogP contribution in [-0.4, -0.2) is 37.7 Å². The number of piperidine rings is 1. The van der Waals surface area contributed by atoms with Gasteiger partial charge in [-0.2, -0.15) is 5.10 Å². The summed E-state index contributed by atoms with van der Waals surface area (Å²) in [5.41, 5.74) is 3.32. The molecule has 0 radical (unpaired) electrons. The van der Waals surface area contributed by atoms with Crippen molar-refractivity contribution in [3.63, 3.8) is 0 Å². The van der Waals surface area contributed by atoms with Crippen LogP contribution in [-0.2, 0) is 4.74 Å². The predicted molar refractivity (Wildman–Crippen MR) is 92.0 cm³/mol. The molecule has 0 aromatic carbocycles. The van der Waals surface area contributed by atoms with E-state index in [1.165, 1.54) is 0 Å². The maximum absolute atomic E-state index is 12.6. The molecule has 0 bridgehead atoms. The topological polar surface area (TPSA) is 59.7 Å². The minimum Gasteiger partial charge on any atom is -0.444 e. The number of aryl methyl sites for hydroxylation is 2. The number of ether oxygens (including phenoxy) is 1. The zero-order valence-electron chi connectivity index (χ0n) is 15.2. The molecule has 24 heavy (non-hydrogen) atoms. The molecule has 3 heterocycles. The van der Waals surface area contributed by atoms with E-state index in [0.29, 0.717) is 6.54 Å². The Balaban J connectivity index is 1.91. The summed E-state index contributed by atoms with van der Waals surface area (Å²) in [4.78, 5) is 19.1. The number of likely N-dealkylation sites (tertiary alicyclic amines) is 1. The number of hydrogen-bond acceptors (Lipinski definition) is 4. The number of aromatic nitrogens is 3. The van der Waals surface area contributed by atoms with E-state index in [4.69, 9.17) is 9.72 Å². The largest absolute Gasteiger partial charge is 0.444 e. The molecule has 0 aliphatic carbocycles. The molecule has 1 unspecified atom stereocenters. The van der Waals surface area contributed by atoms with Crippen molar-refractivity contribution >= 4 is 11.7 Å². The van der Waals surface area contributed by atoms with Gasteiger partial charge in [0.25, 0.3) is 0 Å². The Morgan fingerprint density at radius 3 is 2.75 bits per heavy atom. The van der Waals surface area contributed by atoms with E-state index in [1.807, 2.05) is 51.8 Å². The van der Waals surface area contributed by atoms with Crippen molar-refractivity contribution < 1.29 is 9.53 Å². The van der Waals surface area contributed by atoms with E-state index >= 15 is 0 Å². The molecule has 1 aliphatic rings. The first-order valence-electron chi connectivity index (χ1n) is 8.58. The number of amides is 1. The lowest BCUT2D eigenvalue weighted by molar-refractivity contribution is 0.00905. The van der Waals surface area contributed by atoms with E-state index in [2.05, 4.69) is 5.10 Å². The highest BCUT2D eigenvalue weighted by atomic mass is 16.6. The van der Waals surface area contributed by atoms with Crippen LogP contribution in [0.2, 0.25) is 0 Å². The van der Waals surface area contributed by atoms with Crippen molar-refractivity contribution in [2.24, 2.45) is 0 Å². The second-order valence-corrected chi connectivity index (χ2v) is 7.57. The quantitative estimate of drug-likeness (QED) is 0.798. The summed E-state index contributed by atoms with van der Waals surface area (Å²) in [5.74, 6) is 0. The third kappa shape index (κ3) is 3.37. The van der Waals surface area contributed by atoms with Crippen molar-refractivity contribution in [2.45, 2.75) is 65.5 Å². The van der Waals surface area contributed by atoms with Crippen LogP contribution in [0.1, 0.15) is 63.0 Å². The Labute approximate surface area is 142 Å². The number of carbonyl (C=O) groups is 1. The van der Waals surface area contributed by atoms with Gasteiger partial charge in [0.2, 0.25) is 0 Å². The summed E-state index contributed by atoms with van der Waals surface area (Å²) < 4.78 is 7.38. The molecule has 1 saturated heterocycles. The maximum Gasteiger partial charge on any atom is 0.410 e. The minimum atomic E-state index is -0.492. The second-order valence-electron chi connectivity index (χ2n) is 7.57. The first kappa shape index (κ1) is 16.7. The van der Waals surface area contributed by atoms with E-state index in [0.717, 1.165) is 41.9 Å². The molecule has 1 fully saturated rings. The molecule has 1 amide bonds. The van der Waals surface area contributed by atoms with Crippen LogP contribution in [0.25, 0.3) is 5.65 Å². The van der Waals surface area contributed by atoms with Gasteiger partial charge in [-0.1, -0.05) is 0 Å². The molecule has 0 N–H and O–H groups in total. The lowest BCUT2D eigenvalue weighted by Crippen LogP contribution is -2.42. The van der Waals surface area contributed by atoms with Crippen molar-refractivity contribution in [3.8, 4) is 0 Å². The lowest BCUT2D eigenvalue weighted by atomic mass is 10.0. The fraction of sp³-hybridized carbons (Fsp3) is 0.611. The van der Waals surface area contributed by atoms with Crippen LogP contribution in [0.5, 0.6) is 0 Å². The fourth-order valence-electron chi connectivity index (χ4n) is 3.06. The molecule has 130 valence electrons. The first-order valence-corrected chi connectivity index (χ1v) is 8.58. The molecule has 0 saturated carbocycles. The second kappa shape index (κ2) is 6.07. The van der Waals surface area contributed by atoms with E-state index in [9.17, 15) is 4.79 Å². The molecule has 1 aliphatic heterocycles. The number of hydrogen-bond donors (Lipinski definition) is 0. The smallest absolute Gasteiger partial charge is 0.410 e. The zero-order valence-corrected chi connectivity index (χ0v) is 15.2. The SMILES string of the molecule is Cc1cc2nc(C3CCCCN3C(=O)OC(C)(C)C)cn2nc1C. The number of fused-ring (bicyclic) bond motifs is 1. The Kier molecular flexibility index (Phi) is 4.24. The summed E-state index contributed by atoms with van der Waals surface area (Å²) in [6.45, 7) is 10.4. The molecular formula is C18H26N4O2. The standard InChI is InChI=1S/C18H26N4O2/c1-12-10-16-19-14(11-22(16)20-13(12)2)15-8-6-7-9-21(15)17(23)24-18(3,4)5/h10-11,15H,6-9H2,1-5H3. The monoisotopic (exact) mass is 330 g/mol.